The molecule has 4 heterocycles. The first-order valence-corrected chi connectivity index (χ1v) is 20.1. The number of aromatic nitrogens is 5. The third kappa shape index (κ3) is 5.48. The number of hydrogen-bond donors (Lipinski definition) is 0. The van der Waals surface area contributed by atoms with Gasteiger partial charge in [0.1, 0.15) is 0 Å². The molecule has 0 aliphatic carbocycles. The maximum Gasteiger partial charge on any atom is 0.238 e. The predicted molar refractivity (Wildman–Crippen MR) is 239 cm³/mol. The van der Waals surface area contributed by atoms with Gasteiger partial charge in [-0.15, -0.1) is 11.3 Å². The Labute approximate surface area is 332 Å². The summed E-state index contributed by atoms with van der Waals surface area (Å²) in [4.78, 5) is 15.5. The van der Waals surface area contributed by atoms with Gasteiger partial charge in [0, 0.05) is 47.6 Å². The van der Waals surface area contributed by atoms with Crippen LogP contribution in [-0.2, 0) is 6.42 Å². The van der Waals surface area contributed by atoms with Gasteiger partial charge in [-0.25, -0.2) is 4.98 Å². The number of hydrogen-bond acceptors (Lipinski definition) is 4. The van der Waals surface area contributed by atoms with Gasteiger partial charge >= 0.3 is 0 Å². The second kappa shape index (κ2) is 13.6. The minimum atomic E-state index is 0.584. The van der Waals surface area contributed by atoms with E-state index in [1.807, 2.05) is 47.7 Å². The van der Waals surface area contributed by atoms with Crippen LogP contribution in [0.3, 0.4) is 0 Å². The molecule has 0 radical (unpaired) electrons. The Morgan fingerprint density at radius 1 is 0.526 bits per heavy atom. The van der Waals surface area contributed by atoms with E-state index in [-0.39, 0.29) is 0 Å². The van der Waals surface area contributed by atoms with Gasteiger partial charge in [-0.2, -0.15) is 9.97 Å². The summed E-state index contributed by atoms with van der Waals surface area (Å²) in [7, 11) is 0. The van der Waals surface area contributed by atoms with Crippen molar-refractivity contribution in [1.82, 2.24) is 24.1 Å². The van der Waals surface area contributed by atoms with Crippen LogP contribution in [0.15, 0.2) is 170 Å². The first kappa shape index (κ1) is 33.2. The highest BCUT2D eigenvalue weighted by Gasteiger charge is 2.23. The molecule has 7 aromatic carbocycles. The predicted octanol–water partition coefficient (Wildman–Crippen LogP) is 11.4. The van der Waals surface area contributed by atoms with Crippen molar-refractivity contribution in [3.05, 3.63) is 185 Å². The zero-order valence-electron chi connectivity index (χ0n) is 31.2. The highest BCUT2D eigenvalue weighted by Crippen LogP contribution is 2.42. The van der Waals surface area contributed by atoms with E-state index in [1.54, 1.807) is 0 Å². The van der Waals surface area contributed by atoms with E-state index >= 15 is 0 Å². The number of nitrogens with zero attached hydrogens (tertiary/aromatic N) is 5. The molecular formula is C51H35N5S. The smallest absolute Gasteiger partial charge is 0.238 e. The third-order valence-electron chi connectivity index (χ3n) is 11.0. The Hall–Kier alpha value is -7.15. The summed E-state index contributed by atoms with van der Waals surface area (Å²) < 4.78 is 7.31. The number of fused-ring (bicyclic) bond motifs is 8. The molecular weight excluding hydrogens is 715 g/mol. The first-order valence-electron chi connectivity index (χ1n) is 19.3. The third-order valence-corrected chi connectivity index (χ3v) is 12.2. The molecule has 0 amide bonds. The van der Waals surface area contributed by atoms with Crippen LogP contribution in [0.25, 0.3) is 100 Å². The fraction of sp³-hybridized carbons (Fsp3) is 0.0392. The topological polar surface area (TPSA) is 48.5 Å². The number of benzene rings is 7. The molecule has 0 aliphatic rings. The fourth-order valence-electron chi connectivity index (χ4n) is 8.44. The highest BCUT2D eigenvalue weighted by atomic mass is 32.1. The molecule has 0 fully saturated rings. The van der Waals surface area contributed by atoms with Crippen LogP contribution in [0.5, 0.6) is 0 Å². The number of para-hydroxylation sites is 2. The van der Waals surface area contributed by atoms with Crippen LogP contribution >= 0.6 is 11.3 Å². The molecule has 11 aromatic rings. The van der Waals surface area contributed by atoms with Crippen LogP contribution in [0.4, 0.5) is 0 Å². The normalized spacial score (nSPS) is 12.6. The van der Waals surface area contributed by atoms with E-state index in [9.17, 15) is 0 Å². The summed E-state index contributed by atoms with van der Waals surface area (Å²) in [6.45, 7) is 2.13. The van der Waals surface area contributed by atoms with Crippen LogP contribution in [-0.4, -0.2) is 24.1 Å². The Morgan fingerprint density at radius 2 is 1.16 bits per heavy atom. The van der Waals surface area contributed by atoms with Crippen molar-refractivity contribution in [1.29, 1.82) is 0 Å². The summed E-state index contributed by atoms with van der Waals surface area (Å²) in [5, 5.41) is 7.27. The van der Waals surface area contributed by atoms with Gasteiger partial charge in [0.05, 0.1) is 22.1 Å². The van der Waals surface area contributed by atoms with Gasteiger partial charge in [-0.05, 0) is 65.9 Å². The van der Waals surface area contributed by atoms with Gasteiger partial charge in [0.25, 0.3) is 0 Å². The van der Waals surface area contributed by atoms with E-state index in [1.165, 1.54) is 30.8 Å². The van der Waals surface area contributed by atoms with E-state index in [0.29, 0.717) is 17.6 Å². The SMILES string of the molecule is C/C=c1/sc2ccccc2/c1=C/Cc1cccc(-n2c3ccccc3c3c2ccc2c4ccccc4n(-c4nc(-c5ccccc5)nc(-c5ccccc5)n4)c23)c1. The number of rotatable bonds is 6. The largest absolute Gasteiger partial charge is 0.309 e. The van der Waals surface area contributed by atoms with Crippen molar-refractivity contribution < 1.29 is 0 Å². The van der Waals surface area contributed by atoms with E-state index in [2.05, 4.69) is 162 Å². The average molecular weight is 750 g/mol. The zero-order valence-corrected chi connectivity index (χ0v) is 32.0. The Bertz CT molecular complexity index is 3390. The van der Waals surface area contributed by atoms with Crippen molar-refractivity contribution in [3.8, 4) is 34.4 Å². The Kier molecular flexibility index (Phi) is 7.90. The molecule has 0 atom stereocenters. The van der Waals surface area contributed by atoms with Crippen molar-refractivity contribution in [2.45, 2.75) is 13.3 Å². The molecule has 4 aromatic heterocycles. The van der Waals surface area contributed by atoms with Crippen LogP contribution in [0.2, 0.25) is 0 Å². The molecule has 0 spiro atoms. The molecule has 0 bridgehead atoms. The summed E-state index contributed by atoms with van der Waals surface area (Å²) >= 11 is 1.86. The van der Waals surface area contributed by atoms with Gasteiger partial charge in [-0.3, -0.25) is 4.57 Å². The highest BCUT2D eigenvalue weighted by molar-refractivity contribution is 7.17. The standard InChI is InChI=1S/C51H35N5S/c1-2-45-39(38-23-11-14-27-46(38)57-45)29-28-33-16-15-21-36(32-33)55-43-26-13-10-24-41(43)47-44(55)31-30-40-37-22-9-12-25-42(37)56(48(40)47)51-53-49(34-17-5-3-6-18-34)52-50(54-51)35-19-7-4-8-20-35/h2-27,29-32H,28H2,1H3/b39-29-,45-2+. The van der Waals surface area contributed by atoms with Crippen molar-refractivity contribution in [3.63, 3.8) is 0 Å². The first-order chi connectivity index (χ1) is 28.2. The summed E-state index contributed by atoms with van der Waals surface area (Å²) in [5.74, 6) is 1.85. The van der Waals surface area contributed by atoms with E-state index in [0.717, 1.165) is 61.5 Å². The van der Waals surface area contributed by atoms with Crippen molar-refractivity contribution in [2.24, 2.45) is 0 Å². The molecule has 0 saturated heterocycles. The maximum atomic E-state index is 5.24. The van der Waals surface area contributed by atoms with Gasteiger partial charge in [0.2, 0.25) is 5.95 Å². The lowest BCUT2D eigenvalue weighted by atomic mass is 10.1. The molecule has 0 saturated carbocycles. The Balaban J connectivity index is 1.16. The van der Waals surface area contributed by atoms with E-state index in [4.69, 9.17) is 15.0 Å². The second-order valence-electron chi connectivity index (χ2n) is 14.3. The summed E-state index contributed by atoms with van der Waals surface area (Å²) in [5.41, 5.74) is 8.66. The molecule has 11 rings (SSSR count). The fourth-order valence-corrected chi connectivity index (χ4v) is 9.54. The molecule has 270 valence electrons. The van der Waals surface area contributed by atoms with E-state index < -0.39 is 0 Å². The molecule has 5 nitrogen and oxygen atoms in total. The second-order valence-corrected chi connectivity index (χ2v) is 15.4. The van der Waals surface area contributed by atoms with Gasteiger partial charge in [0.15, 0.2) is 11.6 Å². The maximum absolute atomic E-state index is 5.24. The number of thiophene rings is 1. The summed E-state index contributed by atoms with van der Waals surface area (Å²) in [6, 6.07) is 60.0. The molecule has 0 unspecified atom stereocenters. The summed E-state index contributed by atoms with van der Waals surface area (Å²) in [6.07, 6.45) is 5.45. The lowest BCUT2D eigenvalue weighted by Gasteiger charge is -2.12. The van der Waals surface area contributed by atoms with Crippen LogP contribution in [0.1, 0.15) is 12.5 Å². The van der Waals surface area contributed by atoms with Crippen LogP contribution in [0, 0.1) is 0 Å². The quantitative estimate of drug-likeness (QED) is 0.170. The van der Waals surface area contributed by atoms with Gasteiger partial charge < -0.3 is 4.57 Å². The lowest BCUT2D eigenvalue weighted by Crippen LogP contribution is -2.18. The molecule has 57 heavy (non-hydrogen) atoms. The lowest BCUT2D eigenvalue weighted by molar-refractivity contribution is 0.955. The Morgan fingerprint density at radius 3 is 1.88 bits per heavy atom. The van der Waals surface area contributed by atoms with Crippen molar-refractivity contribution >= 4 is 77.2 Å². The van der Waals surface area contributed by atoms with Crippen LogP contribution < -0.4 is 9.75 Å². The molecule has 0 N–H and O–H groups in total. The molecule has 0 aliphatic heterocycles. The van der Waals surface area contributed by atoms with Gasteiger partial charge in [-0.1, -0.05) is 146 Å². The van der Waals surface area contributed by atoms with Crippen molar-refractivity contribution in [2.75, 3.05) is 0 Å². The zero-order chi connectivity index (χ0) is 37.9. The average Bonchev–Trinajstić information content (AvgIpc) is 3.93. The minimum absolute atomic E-state index is 0.584. The monoisotopic (exact) mass is 749 g/mol. The molecule has 6 heteroatoms. The minimum Gasteiger partial charge on any atom is -0.309 e.